The van der Waals surface area contributed by atoms with Crippen LogP contribution in [0.25, 0.3) is 0 Å². The minimum absolute atomic E-state index is 0.0680. The average Bonchev–Trinajstić information content (AvgIpc) is 3.20. The number of aryl methyl sites for hydroxylation is 1. The van der Waals surface area contributed by atoms with Gasteiger partial charge in [-0.05, 0) is 70.0 Å². The van der Waals surface area contributed by atoms with Gasteiger partial charge in [-0.3, -0.25) is 9.59 Å². The highest BCUT2D eigenvalue weighted by molar-refractivity contribution is 6.06. The molecule has 0 aromatic heterocycles. The second-order valence-electron chi connectivity index (χ2n) is 8.48. The van der Waals surface area contributed by atoms with Crippen LogP contribution < -0.4 is 5.32 Å². The summed E-state index contributed by atoms with van der Waals surface area (Å²) in [5.41, 5.74) is 3.09. The minimum atomic E-state index is -0.331. The van der Waals surface area contributed by atoms with Crippen LogP contribution in [0.2, 0.25) is 0 Å². The number of nitrogens with zero attached hydrogens (tertiary/aromatic N) is 1. The molecule has 0 bridgehead atoms. The lowest BCUT2D eigenvalue weighted by atomic mass is 9.68. The van der Waals surface area contributed by atoms with Gasteiger partial charge >= 0.3 is 5.97 Å². The summed E-state index contributed by atoms with van der Waals surface area (Å²) in [6, 6.07) is 6.84. The van der Waals surface area contributed by atoms with E-state index in [0.717, 1.165) is 50.9 Å². The Balaban J connectivity index is 1.38. The minimum Gasteiger partial charge on any atom is -0.466 e. The standard InChI is InChI=1S/C22H30N2O3/c1-3-27-20(25)13-16-8-11-24(14-16)17-6-9-22(10-7-17)18-12-15(2)4-5-19(18)23-21(22)26/h4-5,12,16-17H,3,6-11,13-14H2,1-2H3,(H,23,26)/t16-,17?,22?/m0/s1. The zero-order valence-corrected chi connectivity index (χ0v) is 16.4. The Morgan fingerprint density at radius 3 is 2.81 bits per heavy atom. The van der Waals surface area contributed by atoms with Crippen LogP contribution in [0.5, 0.6) is 0 Å². The number of carbonyl (C=O) groups excluding carboxylic acids is 2. The van der Waals surface area contributed by atoms with E-state index in [0.29, 0.717) is 25.0 Å². The van der Waals surface area contributed by atoms with E-state index < -0.39 is 0 Å². The zero-order chi connectivity index (χ0) is 19.0. The number of amides is 1. The van der Waals surface area contributed by atoms with Crippen molar-refractivity contribution in [2.45, 2.75) is 63.8 Å². The van der Waals surface area contributed by atoms with Gasteiger partial charge in [-0.2, -0.15) is 0 Å². The molecule has 1 saturated heterocycles. The zero-order valence-electron chi connectivity index (χ0n) is 16.4. The van der Waals surface area contributed by atoms with E-state index in [9.17, 15) is 9.59 Å². The summed E-state index contributed by atoms with van der Waals surface area (Å²) in [4.78, 5) is 27.1. The van der Waals surface area contributed by atoms with Crippen LogP contribution in [0, 0.1) is 12.8 Å². The Labute approximate surface area is 161 Å². The van der Waals surface area contributed by atoms with Gasteiger partial charge in [0.25, 0.3) is 0 Å². The Bertz CT molecular complexity index is 737. The van der Waals surface area contributed by atoms with Crippen molar-refractivity contribution in [3.63, 3.8) is 0 Å². The summed E-state index contributed by atoms with van der Waals surface area (Å²) in [6.07, 6.45) is 5.54. The number of benzene rings is 1. The molecule has 27 heavy (non-hydrogen) atoms. The Morgan fingerprint density at radius 2 is 2.07 bits per heavy atom. The third-order valence-electron chi connectivity index (χ3n) is 6.78. The smallest absolute Gasteiger partial charge is 0.306 e. The molecular formula is C22H30N2O3. The third kappa shape index (κ3) is 3.38. The monoisotopic (exact) mass is 370 g/mol. The molecule has 1 spiro atoms. The SMILES string of the molecule is CCOC(=O)C[C@@H]1CCN(C2CCC3(CC2)C(=O)Nc2ccc(C)cc23)C1. The molecule has 1 aliphatic carbocycles. The van der Waals surface area contributed by atoms with Crippen LogP contribution in [0.15, 0.2) is 18.2 Å². The summed E-state index contributed by atoms with van der Waals surface area (Å²) in [6.45, 7) is 6.46. The predicted octanol–water partition coefficient (Wildman–Crippen LogP) is 3.40. The molecule has 2 fully saturated rings. The molecule has 5 nitrogen and oxygen atoms in total. The molecule has 5 heteroatoms. The highest BCUT2D eigenvalue weighted by Crippen LogP contribution is 2.48. The van der Waals surface area contributed by atoms with Crippen molar-refractivity contribution in [1.29, 1.82) is 0 Å². The topological polar surface area (TPSA) is 58.6 Å². The van der Waals surface area contributed by atoms with Gasteiger partial charge in [-0.15, -0.1) is 0 Å². The summed E-state index contributed by atoms with van der Waals surface area (Å²) in [5, 5.41) is 3.11. The molecule has 3 aliphatic rings. The fraction of sp³-hybridized carbons (Fsp3) is 0.636. The van der Waals surface area contributed by atoms with Gasteiger partial charge < -0.3 is 15.0 Å². The molecule has 4 rings (SSSR count). The maximum atomic E-state index is 12.8. The third-order valence-corrected chi connectivity index (χ3v) is 6.78. The number of nitrogens with one attached hydrogen (secondary N) is 1. The number of likely N-dealkylation sites (tertiary alicyclic amines) is 1. The molecule has 1 atom stereocenters. The van der Waals surface area contributed by atoms with Crippen LogP contribution in [0.1, 0.15) is 56.6 Å². The summed E-state index contributed by atoms with van der Waals surface area (Å²) < 4.78 is 5.10. The molecule has 1 N–H and O–H groups in total. The van der Waals surface area contributed by atoms with Crippen LogP contribution in [-0.2, 0) is 19.7 Å². The highest BCUT2D eigenvalue weighted by atomic mass is 16.5. The van der Waals surface area contributed by atoms with E-state index in [4.69, 9.17) is 4.74 Å². The maximum absolute atomic E-state index is 12.8. The first kappa shape index (κ1) is 18.5. The maximum Gasteiger partial charge on any atom is 0.306 e. The number of carbonyl (C=O) groups is 2. The molecule has 0 unspecified atom stereocenters. The van der Waals surface area contributed by atoms with Crippen molar-refractivity contribution in [1.82, 2.24) is 4.90 Å². The molecule has 0 radical (unpaired) electrons. The van der Waals surface area contributed by atoms with E-state index in [1.165, 1.54) is 11.1 Å². The molecule has 1 amide bonds. The number of anilines is 1. The Hall–Kier alpha value is -1.88. The van der Waals surface area contributed by atoms with Crippen molar-refractivity contribution in [2.24, 2.45) is 5.92 Å². The van der Waals surface area contributed by atoms with Gasteiger partial charge in [0, 0.05) is 24.7 Å². The lowest BCUT2D eigenvalue weighted by molar-refractivity contribution is -0.144. The quantitative estimate of drug-likeness (QED) is 0.825. The Morgan fingerprint density at radius 1 is 1.30 bits per heavy atom. The van der Waals surface area contributed by atoms with E-state index in [-0.39, 0.29) is 17.3 Å². The van der Waals surface area contributed by atoms with Gasteiger partial charge in [0.05, 0.1) is 12.0 Å². The number of hydrogen-bond acceptors (Lipinski definition) is 4. The van der Waals surface area contributed by atoms with Crippen molar-refractivity contribution in [2.75, 3.05) is 25.0 Å². The summed E-state index contributed by atoms with van der Waals surface area (Å²) in [5.74, 6) is 0.530. The Kier molecular flexibility index (Phi) is 4.97. The summed E-state index contributed by atoms with van der Waals surface area (Å²) in [7, 11) is 0. The van der Waals surface area contributed by atoms with E-state index in [2.05, 4.69) is 29.3 Å². The molecule has 2 heterocycles. The molecule has 146 valence electrons. The first-order valence-electron chi connectivity index (χ1n) is 10.3. The normalized spacial score (nSPS) is 30.4. The first-order chi connectivity index (χ1) is 13.0. The van der Waals surface area contributed by atoms with E-state index in [1.807, 2.05) is 13.0 Å². The van der Waals surface area contributed by atoms with Crippen LogP contribution in [0.3, 0.4) is 0 Å². The lowest BCUT2D eigenvalue weighted by Gasteiger charge is -2.39. The molecule has 1 saturated carbocycles. The summed E-state index contributed by atoms with van der Waals surface area (Å²) >= 11 is 0. The van der Waals surface area contributed by atoms with Crippen molar-refractivity contribution >= 4 is 17.6 Å². The number of ether oxygens (including phenoxy) is 1. The number of fused-ring (bicyclic) bond motifs is 2. The average molecular weight is 370 g/mol. The predicted molar refractivity (Wildman–Crippen MR) is 105 cm³/mol. The van der Waals surface area contributed by atoms with Gasteiger partial charge in [0.1, 0.15) is 0 Å². The van der Waals surface area contributed by atoms with Crippen LogP contribution in [-0.4, -0.2) is 42.5 Å². The second kappa shape index (κ2) is 7.27. The van der Waals surface area contributed by atoms with E-state index in [1.54, 1.807) is 0 Å². The second-order valence-corrected chi connectivity index (χ2v) is 8.48. The van der Waals surface area contributed by atoms with Crippen molar-refractivity contribution in [3.05, 3.63) is 29.3 Å². The van der Waals surface area contributed by atoms with Gasteiger partial charge in [0.15, 0.2) is 0 Å². The number of esters is 1. The largest absolute Gasteiger partial charge is 0.466 e. The van der Waals surface area contributed by atoms with Crippen LogP contribution >= 0.6 is 0 Å². The van der Waals surface area contributed by atoms with Crippen molar-refractivity contribution < 1.29 is 14.3 Å². The molecular weight excluding hydrogens is 340 g/mol. The van der Waals surface area contributed by atoms with Crippen LogP contribution in [0.4, 0.5) is 5.69 Å². The van der Waals surface area contributed by atoms with Gasteiger partial charge in [-0.25, -0.2) is 0 Å². The first-order valence-corrected chi connectivity index (χ1v) is 10.3. The fourth-order valence-corrected chi connectivity index (χ4v) is 5.30. The van der Waals surface area contributed by atoms with Crippen molar-refractivity contribution in [3.8, 4) is 0 Å². The molecule has 1 aromatic carbocycles. The van der Waals surface area contributed by atoms with Gasteiger partial charge in [-0.1, -0.05) is 17.7 Å². The highest BCUT2D eigenvalue weighted by Gasteiger charge is 2.49. The van der Waals surface area contributed by atoms with E-state index >= 15 is 0 Å². The molecule has 1 aromatic rings. The fourth-order valence-electron chi connectivity index (χ4n) is 5.30. The van der Waals surface area contributed by atoms with Gasteiger partial charge in [0.2, 0.25) is 5.91 Å². The lowest BCUT2D eigenvalue weighted by Crippen LogP contribution is -2.44. The number of hydrogen-bond donors (Lipinski definition) is 1. The molecule has 2 aliphatic heterocycles. The number of rotatable bonds is 4.